The van der Waals surface area contributed by atoms with Crippen LogP contribution in [0.1, 0.15) is 37.5 Å². The number of aromatic nitrogens is 2. The summed E-state index contributed by atoms with van der Waals surface area (Å²) in [5, 5.41) is 24.4. The average molecular weight is 603 g/mol. The second kappa shape index (κ2) is 13.9. The number of halogens is 2. The lowest BCUT2D eigenvalue weighted by molar-refractivity contribution is 0.0428. The van der Waals surface area contributed by atoms with Crippen molar-refractivity contribution >= 4 is 23.2 Å². The number of hydrogen-bond acceptors (Lipinski definition) is 7. The highest BCUT2D eigenvalue weighted by Gasteiger charge is 2.35. The van der Waals surface area contributed by atoms with Crippen molar-refractivity contribution in [3.63, 3.8) is 0 Å². The second-order valence-electron chi connectivity index (χ2n) is 10.1. The van der Waals surface area contributed by atoms with Crippen LogP contribution in [0.5, 0.6) is 5.75 Å². The van der Waals surface area contributed by atoms with E-state index in [-0.39, 0.29) is 46.8 Å². The van der Waals surface area contributed by atoms with Crippen molar-refractivity contribution < 1.29 is 28.2 Å². The lowest BCUT2D eigenvalue weighted by Crippen LogP contribution is -2.41. The molecule has 10 nitrogen and oxygen atoms in total. The molecule has 2 heterocycles. The summed E-state index contributed by atoms with van der Waals surface area (Å²) < 4.78 is 36.5. The van der Waals surface area contributed by atoms with Gasteiger partial charge in [0, 0.05) is 35.5 Å². The van der Waals surface area contributed by atoms with Crippen LogP contribution in [0.4, 0.5) is 20.2 Å². The van der Waals surface area contributed by atoms with Gasteiger partial charge in [-0.15, -0.1) is 0 Å². The smallest absolute Gasteiger partial charge is 0.298 e. The molecule has 0 unspecified atom stereocenters. The zero-order valence-electron chi connectivity index (χ0n) is 24.5. The fraction of sp³-hybridized carbons (Fsp3) is 0.250. The average Bonchev–Trinajstić information content (AvgIpc) is 3.45. The maximum atomic E-state index is 14.9. The molecule has 5 rings (SSSR count). The third kappa shape index (κ3) is 6.91. The second-order valence-corrected chi connectivity index (χ2v) is 10.1. The molecule has 0 atom stereocenters. The first-order chi connectivity index (χ1) is 21.1. The predicted molar refractivity (Wildman–Crippen MR) is 161 cm³/mol. The normalized spacial score (nSPS) is 12.6. The van der Waals surface area contributed by atoms with Gasteiger partial charge in [-0.3, -0.25) is 14.3 Å². The molecule has 12 heteroatoms. The van der Waals surface area contributed by atoms with Gasteiger partial charge >= 0.3 is 0 Å². The third-order valence-corrected chi connectivity index (χ3v) is 6.88. The van der Waals surface area contributed by atoms with Crippen molar-refractivity contribution in [1.29, 1.82) is 5.26 Å². The Hall–Kier alpha value is -5.12. The third-order valence-electron chi connectivity index (χ3n) is 6.88. The van der Waals surface area contributed by atoms with Crippen molar-refractivity contribution in [1.82, 2.24) is 14.7 Å². The molecule has 44 heavy (non-hydrogen) atoms. The lowest BCUT2D eigenvalue weighted by atomic mass is 10.00. The number of fused-ring (bicyclic) bond motifs is 1. The minimum atomic E-state index is -3.19. The number of rotatable bonds is 8. The highest BCUT2D eigenvalue weighted by atomic mass is 19.3. The fourth-order valence-electron chi connectivity index (χ4n) is 4.54. The van der Waals surface area contributed by atoms with Crippen molar-refractivity contribution in [2.24, 2.45) is 0 Å². The van der Waals surface area contributed by atoms with Crippen LogP contribution in [0.2, 0.25) is 0 Å². The van der Waals surface area contributed by atoms with Crippen LogP contribution in [-0.2, 0) is 12.5 Å². The Morgan fingerprint density at radius 2 is 1.77 bits per heavy atom. The zero-order valence-corrected chi connectivity index (χ0v) is 24.5. The molecule has 0 spiro atoms. The largest absolute Gasteiger partial charge is 0.495 e. The number of carbonyl (C=O) groups is 2. The maximum Gasteiger partial charge on any atom is 0.298 e. The van der Waals surface area contributed by atoms with Gasteiger partial charge in [-0.25, -0.2) is 0 Å². The van der Waals surface area contributed by atoms with E-state index in [0.29, 0.717) is 18.0 Å². The first-order valence-corrected chi connectivity index (χ1v) is 13.7. The predicted octanol–water partition coefficient (Wildman–Crippen LogP) is 4.36. The van der Waals surface area contributed by atoms with E-state index in [2.05, 4.69) is 10.4 Å². The van der Waals surface area contributed by atoms with Gasteiger partial charge in [0.05, 0.1) is 37.7 Å². The van der Waals surface area contributed by atoms with Crippen LogP contribution in [0.25, 0.3) is 0 Å². The lowest BCUT2D eigenvalue weighted by Gasteiger charge is -2.28. The fourth-order valence-corrected chi connectivity index (χ4v) is 4.54. The van der Waals surface area contributed by atoms with Crippen LogP contribution in [-0.4, -0.2) is 72.5 Å². The van der Waals surface area contributed by atoms with Crippen molar-refractivity contribution in [2.45, 2.75) is 12.5 Å². The maximum absolute atomic E-state index is 14.9. The standard InChI is InChI=1S/C28H21F2N5O3.C4H11NO/c1-38-24-12-7-18(15-19(24)16-31)26(36)33-23-17-32-35-14-13-34(27(37)25(23)35)22-10-8-21(9-11-22)28(29,30)20-5-3-2-4-6-20;1-5(2)3-4-6/h2-12,15,17H,13-14H2,1H3,(H,33,36);6H,3-4H2,1-2H3. The number of hydrogen-bond donors (Lipinski definition) is 2. The van der Waals surface area contributed by atoms with E-state index in [0.717, 1.165) is 6.54 Å². The van der Waals surface area contributed by atoms with Crippen LogP contribution in [0.3, 0.4) is 0 Å². The number of methoxy groups -OCH3 is 1. The monoisotopic (exact) mass is 602 g/mol. The molecule has 0 bridgehead atoms. The summed E-state index contributed by atoms with van der Waals surface area (Å²) in [4.78, 5) is 29.7. The number of nitriles is 1. The quantitative estimate of drug-likeness (QED) is 0.307. The molecule has 0 fully saturated rings. The van der Waals surface area contributed by atoms with Crippen LogP contribution < -0.4 is 15.0 Å². The van der Waals surface area contributed by atoms with Crippen LogP contribution in [0, 0.1) is 11.3 Å². The summed E-state index contributed by atoms with van der Waals surface area (Å²) in [5.41, 5.74) is 0.902. The molecule has 0 aliphatic carbocycles. The number of nitrogens with one attached hydrogen (secondary N) is 1. The van der Waals surface area contributed by atoms with Crippen molar-refractivity contribution in [3.8, 4) is 11.8 Å². The van der Waals surface area contributed by atoms with Gasteiger partial charge in [-0.1, -0.05) is 42.5 Å². The van der Waals surface area contributed by atoms with Gasteiger partial charge in [0.1, 0.15) is 17.5 Å². The minimum Gasteiger partial charge on any atom is -0.495 e. The van der Waals surface area contributed by atoms with Gasteiger partial charge in [0.25, 0.3) is 17.7 Å². The number of ether oxygens (including phenoxy) is 1. The SMILES string of the molecule is CN(C)CCO.COc1ccc(C(=O)Nc2cnn3c2C(=O)N(c2ccc(C(F)(F)c4ccccc4)cc2)CC3)cc1C#N. The number of amides is 2. The minimum absolute atomic E-state index is 0.121. The highest BCUT2D eigenvalue weighted by molar-refractivity contribution is 6.13. The first kappa shape index (κ1) is 31.8. The van der Waals surface area contributed by atoms with Crippen molar-refractivity contribution in [2.75, 3.05) is 51.1 Å². The summed E-state index contributed by atoms with van der Waals surface area (Å²) in [5.74, 6) is -3.81. The first-order valence-electron chi connectivity index (χ1n) is 13.7. The number of carbonyl (C=O) groups excluding carboxylic acids is 2. The summed E-state index contributed by atoms with van der Waals surface area (Å²) in [6.07, 6.45) is 1.38. The van der Waals surface area contributed by atoms with E-state index in [1.165, 1.54) is 77.5 Å². The van der Waals surface area contributed by atoms with E-state index in [4.69, 9.17) is 9.84 Å². The van der Waals surface area contributed by atoms with Gasteiger partial charge in [0.2, 0.25) is 0 Å². The van der Waals surface area contributed by atoms with Crippen LogP contribution in [0.15, 0.2) is 79.0 Å². The Labute approximate surface area is 253 Å². The van der Waals surface area contributed by atoms with Gasteiger partial charge in [0.15, 0.2) is 0 Å². The Morgan fingerprint density at radius 1 is 1.09 bits per heavy atom. The van der Waals surface area contributed by atoms with E-state index >= 15 is 0 Å². The molecular formula is C32H32F2N6O4. The Kier molecular flexibility index (Phi) is 10.0. The summed E-state index contributed by atoms with van der Waals surface area (Å²) in [6.45, 7) is 1.65. The van der Waals surface area contributed by atoms with E-state index in [1.807, 2.05) is 25.1 Å². The number of benzene rings is 3. The highest BCUT2D eigenvalue weighted by Crippen LogP contribution is 2.36. The summed E-state index contributed by atoms with van der Waals surface area (Å²) in [6, 6.07) is 19.5. The number of aliphatic hydroxyl groups excluding tert-OH is 1. The van der Waals surface area contributed by atoms with E-state index < -0.39 is 17.7 Å². The molecule has 1 aliphatic heterocycles. The molecule has 1 aliphatic rings. The van der Waals surface area contributed by atoms with Crippen LogP contribution >= 0.6 is 0 Å². The Morgan fingerprint density at radius 3 is 2.36 bits per heavy atom. The molecule has 4 aromatic rings. The van der Waals surface area contributed by atoms with Gasteiger partial charge in [-0.05, 0) is 44.4 Å². The Bertz CT molecular complexity index is 1650. The number of anilines is 2. The molecule has 228 valence electrons. The summed E-state index contributed by atoms with van der Waals surface area (Å²) in [7, 11) is 5.28. The van der Waals surface area contributed by atoms with Crippen molar-refractivity contribution in [3.05, 3.63) is 107 Å². The summed E-state index contributed by atoms with van der Waals surface area (Å²) >= 11 is 0. The number of alkyl halides is 2. The van der Waals surface area contributed by atoms with Gasteiger partial charge < -0.3 is 25.0 Å². The van der Waals surface area contributed by atoms with E-state index in [9.17, 15) is 23.6 Å². The molecule has 0 radical (unpaired) electrons. The number of aliphatic hydroxyl groups is 1. The number of nitrogens with zero attached hydrogens (tertiary/aromatic N) is 5. The van der Waals surface area contributed by atoms with Gasteiger partial charge in [-0.2, -0.15) is 19.1 Å². The topological polar surface area (TPSA) is 124 Å². The zero-order chi connectivity index (χ0) is 31.9. The van der Waals surface area contributed by atoms with E-state index in [1.54, 1.807) is 18.2 Å². The molecule has 2 amide bonds. The molecule has 0 saturated heterocycles. The molecule has 1 aromatic heterocycles. The number of likely N-dealkylation sites (N-methyl/N-ethyl adjacent to an activating group) is 1. The molecule has 0 saturated carbocycles. The Balaban J connectivity index is 0.000000670. The molecule has 3 aromatic carbocycles. The molecule has 2 N–H and O–H groups in total. The molecular weight excluding hydrogens is 570 g/mol.